The Bertz CT molecular complexity index is 1160. The van der Waals surface area contributed by atoms with Crippen molar-refractivity contribution in [3.05, 3.63) is 65.6 Å². The largest absolute Gasteiger partial charge is 0.417 e. The smallest absolute Gasteiger partial charge is 0.372 e. The molecule has 9 heteroatoms. The first-order valence-electron chi connectivity index (χ1n) is 10.1. The third kappa shape index (κ3) is 4.38. The summed E-state index contributed by atoms with van der Waals surface area (Å²) in [6.45, 7) is 4.80. The number of benzene rings is 2. The van der Waals surface area contributed by atoms with E-state index in [-0.39, 0.29) is 28.8 Å². The second-order valence-electron chi connectivity index (χ2n) is 7.84. The Morgan fingerprint density at radius 3 is 2.47 bits per heavy atom. The third-order valence-corrected chi connectivity index (χ3v) is 5.27. The van der Waals surface area contributed by atoms with Gasteiger partial charge in [-0.25, -0.2) is 4.39 Å². The van der Waals surface area contributed by atoms with Crippen LogP contribution in [0.15, 0.2) is 48.7 Å². The highest BCUT2D eigenvalue weighted by atomic mass is 19.4. The SMILES string of the molecule is CC1CN(c2ccc(NC(=O)c3cnc4ccccc4c3C(F)(F)F)cc2F)CC(C)O1. The van der Waals surface area contributed by atoms with Crippen LogP contribution < -0.4 is 10.2 Å². The molecule has 2 unspecified atom stereocenters. The van der Waals surface area contributed by atoms with Crippen LogP contribution in [0.1, 0.15) is 29.8 Å². The standard InChI is InChI=1S/C23H21F4N3O2/c1-13-11-30(12-14(2)32-13)20-8-7-15(9-18(20)24)29-22(31)17-10-28-19-6-4-3-5-16(19)21(17)23(25,26)27/h3-10,13-14H,11-12H2,1-2H3,(H,29,31). The molecule has 4 rings (SSSR count). The molecule has 0 radical (unpaired) electrons. The molecule has 32 heavy (non-hydrogen) atoms. The molecule has 0 bridgehead atoms. The van der Waals surface area contributed by atoms with E-state index in [1.807, 2.05) is 18.7 Å². The number of carbonyl (C=O) groups excluding carboxylic acids is 1. The monoisotopic (exact) mass is 447 g/mol. The maximum Gasteiger partial charge on any atom is 0.417 e. The van der Waals surface area contributed by atoms with Crippen molar-refractivity contribution in [2.45, 2.75) is 32.2 Å². The van der Waals surface area contributed by atoms with Crippen molar-refractivity contribution < 1.29 is 27.1 Å². The van der Waals surface area contributed by atoms with Crippen molar-refractivity contribution >= 4 is 28.2 Å². The summed E-state index contributed by atoms with van der Waals surface area (Å²) in [6.07, 6.45) is -4.02. The fourth-order valence-electron chi connectivity index (χ4n) is 4.03. The molecular weight excluding hydrogens is 426 g/mol. The van der Waals surface area contributed by atoms with Crippen LogP contribution in [-0.4, -0.2) is 36.2 Å². The first-order valence-corrected chi connectivity index (χ1v) is 10.1. The topological polar surface area (TPSA) is 54.5 Å². The molecule has 2 heterocycles. The van der Waals surface area contributed by atoms with Crippen molar-refractivity contribution in [1.82, 2.24) is 4.98 Å². The van der Waals surface area contributed by atoms with Crippen LogP contribution in [0.3, 0.4) is 0 Å². The van der Waals surface area contributed by atoms with Gasteiger partial charge in [0.1, 0.15) is 5.82 Å². The van der Waals surface area contributed by atoms with Gasteiger partial charge in [0.05, 0.1) is 34.5 Å². The number of anilines is 2. The first-order chi connectivity index (χ1) is 15.1. The van der Waals surface area contributed by atoms with Gasteiger partial charge in [-0.1, -0.05) is 18.2 Å². The molecule has 5 nitrogen and oxygen atoms in total. The second-order valence-corrected chi connectivity index (χ2v) is 7.84. The molecular formula is C23H21F4N3O2. The Morgan fingerprint density at radius 1 is 1.12 bits per heavy atom. The average molecular weight is 447 g/mol. The summed E-state index contributed by atoms with van der Waals surface area (Å²) in [5, 5.41) is 2.19. The number of pyridine rings is 1. The summed E-state index contributed by atoms with van der Waals surface area (Å²) in [5.74, 6) is -1.60. The number of nitrogens with one attached hydrogen (secondary N) is 1. The number of morpholine rings is 1. The van der Waals surface area contributed by atoms with E-state index < -0.39 is 29.0 Å². The molecule has 168 valence electrons. The van der Waals surface area contributed by atoms with Gasteiger partial charge in [-0.2, -0.15) is 13.2 Å². The number of amides is 1. The van der Waals surface area contributed by atoms with Crippen LogP contribution >= 0.6 is 0 Å². The lowest BCUT2D eigenvalue weighted by molar-refractivity contribution is -0.136. The number of nitrogens with zero attached hydrogens (tertiary/aromatic N) is 2. The minimum Gasteiger partial charge on any atom is -0.372 e. The summed E-state index contributed by atoms with van der Waals surface area (Å²) >= 11 is 0. The number of hydrogen-bond donors (Lipinski definition) is 1. The zero-order chi connectivity index (χ0) is 23.0. The number of carbonyl (C=O) groups is 1. The Morgan fingerprint density at radius 2 is 1.81 bits per heavy atom. The molecule has 3 aromatic rings. The highest BCUT2D eigenvalue weighted by molar-refractivity contribution is 6.07. The van der Waals surface area contributed by atoms with Crippen molar-refractivity contribution in [2.75, 3.05) is 23.3 Å². The van der Waals surface area contributed by atoms with Gasteiger partial charge >= 0.3 is 6.18 Å². The summed E-state index contributed by atoms with van der Waals surface area (Å²) in [7, 11) is 0. The van der Waals surface area contributed by atoms with E-state index in [1.165, 1.54) is 30.3 Å². The Kier molecular flexibility index (Phi) is 5.77. The van der Waals surface area contributed by atoms with Gasteiger partial charge in [0, 0.05) is 30.4 Å². The molecule has 1 aliphatic rings. The maximum atomic E-state index is 14.8. The fourth-order valence-corrected chi connectivity index (χ4v) is 4.03. The zero-order valence-corrected chi connectivity index (χ0v) is 17.4. The second kappa shape index (κ2) is 8.38. The lowest BCUT2D eigenvalue weighted by Crippen LogP contribution is -2.45. The summed E-state index contributed by atoms with van der Waals surface area (Å²) < 4.78 is 61.8. The quantitative estimate of drug-likeness (QED) is 0.557. The van der Waals surface area contributed by atoms with Crippen LogP contribution in [0, 0.1) is 5.82 Å². The van der Waals surface area contributed by atoms with Gasteiger partial charge in [-0.05, 0) is 38.1 Å². The third-order valence-electron chi connectivity index (χ3n) is 5.27. The summed E-state index contributed by atoms with van der Waals surface area (Å²) in [6, 6.07) is 9.77. The minimum absolute atomic E-state index is 0.0480. The summed E-state index contributed by atoms with van der Waals surface area (Å²) in [5.41, 5.74) is -1.19. The van der Waals surface area contributed by atoms with Gasteiger partial charge in [0.15, 0.2) is 0 Å². The van der Waals surface area contributed by atoms with Gasteiger partial charge in [0.25, 0.3) is 5.91 Å². The van der Waals surface area contributed by atoms with Crippen molar-refractivity contribution in [3.8, 4) is 0 Å². The molecule has 0 spiro atoms. The number of halogens is 4. The van der Waals surface area contributed by atoms with E-state index in [0.717, 1.165) is 12.3 Å². The van der Waals surface area contributed by atoms with Crippen LogP contribution in [0.4, 0.5) is 28.9 Å². The van der Waals surface area contributed by atoms with E-state index in [1.54, 1.807) is 6.07 Å². The molecule has 0 saturated carbocycles. The van der Waals surface area contributed by atoms with Crippen LogP contribution in [0.2, 0.25) is 0 Å². The molecule has 0 aliphatic carbocycles. The minimum atomic E-state index is -4.77. The molecule has 1 saturated heterocycles. The van der Waals surface area contributed by atoms with E-state index in [0.29, 0.717) is 18.8 Å². The Hall–Kier alpha value is -3.20. The molecule has 1 amide bonds. The number of ether oxygens (including phenoxy) is 1. The Labute approximate surface area is 182 Å². The van der Waals surface area contributed by atoms with Gasteiger partial charge in [-0.15, -0.1) is 0 Å². The van der Waals surface area contributed by atoms with Crippen molar-refractivity contribution in [3.63, 3.8) is 0 Å². The lowest BCUT2D eigenvalue weighted by Gasteiger charge is -2.37. The van der Waals surface area contributed by atoms with Crippen LogP contribution in [0.25, 0.3) is 10.9 Å². The normalized spacial score (nSPS) is 19.2. The number of para-hydroxylation sites is 1. The molecule has 2 aromatic carbocycles. The number of aromatic nitrogens is 1. The lowest BCUT2D eigenvalue weighted by atomic mass is 10.0. The predicted molar refractivity (Wildman–Crippen MR) is 113 cm³/mol. The van der Waals surface area contributed by atoms with Crippen molar-refractivity contribution in [2.24, 2.45) is 0 Å². The molecule has 1 aromatic heterocycles. The highest BCUT2D eigenvalue weighted by Crippen LogP contribution is 2.37. The number of alkyl halides is 3. The zero-order valence-electron chi connectivity index (χ0n) is 17.4. The van der Waals surface area contributed by atoms with E-state index in [4.69, 9.17) is 4.74 Å². The Balaban J connectivity index is 1.62. The van der Waals surface area contributed by atoms with Crippen LogP contribution in [-0.2, 0) is 10.9 Å². The van der Waals surface area contributed by atoms with E-state index in [2.05, 4.69) is 10.3 Å². The molecule has 1 N–H and O–H groups in total. The molecule has 2 atom stereocenters. The van der Waals surface area contributed by atoms with Crippen LogP contribution in [0.5, 0.6) is 0 Å². The predicted octanol–water partition coefficient (Wildman–Crippen LogP) is 5.26. The van der Waals surface area contributed by atoms with E-state index in [9.17, 15) is 22.4 Å². The molecule has 1 fully saturated rings. The van der Waals surface area contributed by atoms with E-state index >= 15 is 0 Å². The number of hydrogen-bond acceptors (Lipinski definition) is 4. The number of fused-ring (bicyclic) bond motifs is 1. The highest BCUT2D eigenvalue weighted by Gasteiger charge is 2.37. The number of rotatable bonds is 3. The first kappa shape index (κ1) is 22.0. The maximum absolute atomic E-state index is 14.8. The average Bonchev–Trinajstić information content (AvgIpc) is 2.71. The van der Waals surface area contributed by atoms with Crippen molar-refractivity contribution in [1.29, 1.82) is 0 Å². The van der Waals surface area contributed by atoms with Gasteiger partial charge < -0.3 is 15.0 Å². The van der Waals surface area contributed by atoms with Gasteiger partial charge in [0.2, 0.25) is 0 Å². The van der Waals surface area contributed by atoms with Gasteiger partial charge in [-0.3, -0.25) is 9.78 Å². The fraction of sp³-hybridized carbons (Fsp3) is 0.304. The summed E-state index contributed by atoms with van der Waals surface area (Å²) in [4.78, 5) is 18.5. The molecule has 1 aliphatic heterocycles.